The summed E-state index contributed by atoms with van der Waals surface area (Å²) in [4.78, 5) is 16.0. The molecule has 6 nitrogen and oxygen atoms in total. The maximum atomic E-state index is 14.0. The van der Waals surface area contributed by atoms with Crippen LogP contribution in [0.25, 0.3) is 33.3 Å². The molecule has 4 rings (SSSR count). The van der Waals surface area contributed by atoms with Crippen LogP contribution in [0.2, 0.25) is 0 Å². The molecule has 166 valence electrons. The van der Waals surface area contributed by atoms with Gasteiger partial charge < -0.3 is 10.4 Å². The summed E-state index contributed by atoms with van der Waals surface area (Å²) in [6.45, 7) is 1.45. The number of aliphatic carboxylic acids is 1. The second kappa shape index (κ2) is 9.40. The molecule has 0 amide bonds. The molecule has 0 saturated carbocycles. The van der Waals surface area contributed by atoms with Crippen molar-refractivity contribution in [1.29, 1.82) is 10.5 Å². The fourth-order valence-corrected chi connectivity index (χ4v) is 3.71. The van der Waals surface area contributed by atoms with Crippen LogP contribution in [-0.2, 0) is 11.2 Å². The number of nitriles is 2. The van der Waals surface area contributed by atoms with Crippen LogP contribution >= 0.6 is 0 Å². The van der Waals surface area contributed by atoms with E-state index in [2.05, 4.69) is 22.4 Å². The first-order valence-electron chi connectivity index (χ1n) is 10.5. The molecule has 2 N–H and O–H groups in total. The van der Waals surface area contributed by atoms with E-state index < -0.39 is 17.8 Å². The zero-order valence-corrected chi connectivity index (χ0v) is 18.2. The van der Waals surface area contributed by atoms with Crippen LogP contribution in [0, 0.1) is 28.5 Å². The number of benzene rings is 3. The van der Waals surface area contributed by atoms with Crippen LogP contribution in [-0.4, -0.2) is 22.1 Å². The predicted molar refractivity (Wildman–Crippen MR) is 127 cm³/mol. The number of hydrogen-bond donors (Lipinski definition) is 2. The van der Waals surface area contributed by atoms with Crippen molar-refractivity contribution >= 4 is 22.6 Å². The maximum Gasteiger partial charge on any atom is 0.325 e. The quantitative estimate of drug-likeness (QED) is 0.400. The van der Waals surface area contributed by atoms with Gasteiger partial charge in [0.15, 0.2) is 0 Å². The van der Waals surface area contributed by atoms with E-state index in [4.69, 9.17) is 5.26 Å². The summed E-state index contributed by atoms with van der Waals surface area (Å²) in [5.74, 6) is -1.61. The molecule has 0 saturated heterocycles. The summed E-state index contributed by atoms with van der Waals surface area (Å²) in [6.07, 6.45) is 0.352. The summed E-state index contributed by atoms with van der Waals surface area (Å²) in [5, 5.41) is 31.3. The van der Waals surface area contributed by atoms with E-state index in [0.29, 0.717) is 28.6 Å². The number of carboxylic acid groups (broad SMARTS) is 1. The van der Waals surface area contributed by atoms with E-state index in [-0.39, 0.29) is 11.3 Å². The van der Waals surface area contributed by atoms with Gasteiger partial charge in [-0.15, -0.1) is 0 Å². The Kier molecular flexibility index (Phi) is 6.20. The molecule has 0 bridgehead atoms. The van der Waals surface area contributed by atoms with Crippen molar-refractivity contribution in [1.82, 2.24) is 4.98 Å². The first-order chi connectivity index (χ1) is 16.4. The molecule has 0 aliphatic rings. The highest BCUT2D eigenvalue weighted by atomic mass is 19.1. The number of aromatic nitrogens is 1. The van der Waals surface area contributed by atoms with E-state index in [1.165, 1.54) is 25.1 Å². The van der Waals surface area contributed by atoms with Gasteiger partial charge in [-0.2, -0.15) is 10.5 Å². The lowest BCUT2D eigenvalue weighted by atomic mass is 9.97. The number of halogens is 1. The molecule has 0 fully saturated rings. The third-order valence-electron chi connectivity index (χ3n) is 5.52. The standard InChI is InChI=1S/C27H19FN4O2/c1-16(27(33)34)31-26-22-14-21(28)10-11-24(22)32-25(23(26)15-30)20-8-6-19(7-9-20)18-4-2-17(3-5-18)12-13-29/h2-11,14,16H,12H2,1H3,(H,31,32)(H,33,34). The lowest BCUT2D eigenvalue weighted by Gasteiger charge is -2.17. The number of hydrogen-bond acceptors (Lipinski definition) is 5. The molecule has 0 spiro atoms. The largest absolute Gasteiger partial charge is 0.480 e. The Labute approximate surface area is 195 Å². The Morgan fingerprint density at radius 2 is 1.65 bits per heavy atom. The van der Waals surface area contributed by atoms with Crippen LogP contribution < -0.4 is 5.32 Å². The summed E-state index contributed by atoms with van der Waals surface area (Å²) >= 11 is 0. The molecule has 1 unspecified atom stereocenters. The minimum Gasteiger partial charge on any atom is -0.480 e. The lowest BCUT2D eigenvalue weighted by Crippen LogP contribution is -2.26. The van der Waals surface area contributed by atoms with Gasteiger partial charge in [0.2, 0.25) is 0 Å². The van der Waals surface area contributed by atoms with Crippen LogP contribution in [0.3, 0.4) is 0 Å². The van der Waals surface area contributed by atoms with Crippen molar-refractivity contribution in [2.24, 2.45) is 0 Å². The number of pyridine rings is 1. The van der Waals surface area contributed by atoms with Crippen LogP contribution in [0.4, 0.5) is 10.1 Å². The Balaban J connectivity index is 1.81. The summed E-state index contributed by atoms with van der Waals surface area (Å²) < 4.78 is 14.0. The van der Waals surface area contributed by atoms with Crippen molar-refractivity contribution in [3.8, 4) is 34.5 Å². The lowest BCUT2D eigenvalue weighted by molar-refractivity contribution is -0.137. The minimum atomic E-state index is -1.10. The SMILES string of the molecule is CC(Nc1c(C#N)c(-c2ccc(-c3ccc(CC#N)cc3)cc2)nc2ccc(F)cc12)C(=O)O. The minimum absolute atomic E-state index is 0.139. The van der Waals surface area contributed by atoms with Crippen molar-refractivity contribution in [3.63, 3.8) is 0 Å². The zero-order chi connectivity index (χ0) is 24.2. The van der Waals surface area contributed by atoms with Crippen molar-refractivity contribution in [2.75, 3.05) is 5.32 Å². The average molecular weight is 450 g/mol. The summed E-state index contributed by atoms with van der Waals surface area (Å²) in [6, 6.07) is 22.4. The highest BCUT2D eigenvalue weighted by Gasteiger charge is 2.20. The first kappa shape index (κ1) is 22.4. The Hall–Kier alpha value is -4.75. The monoisotopic (exact) mass is 450 g/mol. The van der Waals surface area contributed by atoms with Gasteiger partial charge in [0.25, 0.3) is 0 Å². The third-order valence-corrected chi connectivity index (χ3v) is 5.52. The average Bonchev–Trinajstić information content (AvgIpc) is 2.84. The van der Waals surface area contributed by atoms with Gasteiger partial charge in [-0.1, -0.05) is 48.5 Å². The molecule has 1 aromatic heterocycles. The van der Waals surface area contributed by atoms with E-state index >= 15 is 0 Å². The normalized spacial score (nSPS) is 11.4. The van der Waals surface area contributed by atoms with Crippen molar-refractivity contribution in [2.45, 2.75) is 19.4 Å². The zero-order valence-electron chi connectivity index (χ0n) is 18.2. The Morgan fingerprint density at radius 3 is 2.24 bits per heavy atom. The fraction of sp³-hybridized carbons (Fsp3) is 0.111. The number of carbonyl (C=O) groups is 1. The number of rotatable bonds is 6. The van der Waals surface area contributed by atoms with Gasteiger partial charge in [-0.25, -0.2) is 9.37 Å². The Morgan fingerprint density at radius 1 is 1.03 bits per heavy atom. The molecule has 34 heavy (non-hydrogen) atoms. The molecule has 7 heteroatoms. The highest BCUT2D eigenvalue weighted by molar-refractivity contribution is 5.99. The van der Waals surface area contributed by atoms with E-state index in [1.807, 2.05) is 48.5 Å². The molecular formula is C27H19FN4O2. The van der Waals surface area contributed by atoms with Gasteiger partial charge >= 0.3 is 5.97 Å². The number of carboxylic acids is 1. The van der Waals surface area contributed by atoms with Crippen molar-refractivity contribution < 1.29 is 14.3 Å². The van der Waals surface area contributed by atoms with Gasteiger partial charge in [-0.05, 0) is 41.8 Å². The number of nitrogens with zero attached hydrogens (tertiary/aromatic N) is 3. The van der Waals surface area contributed by atoms with E-state index in [0.717, 1.165) is 16.7 Å². The smallest absolute Gasteiger partial charge is 0.325 e. The molecule has 0 aliphatic carbocycles. The number of anilines is 1. The van der Waals surface area contributed by atoms with Gasteiger partial charge in [0, 0.05) is 10.9 Å². The molecule has 1 atom stereocenters. The molecular weight excluding hydrogens is 431 g/mol. The maximum absolute atomic E-state index is 14.0. The molecule has 1 heterocycles. The number of fused-ring (bicyclic) bond motifs is 1. The second-order valence-electron chi connectivity index (χ2n) is 7.80. The summed E-state index contributed by atoms with van der Waals surface area (Å²) in [5.41, 5.74) is 4.71. The highest BCUT2D eigenvalue weighted by Crippen LogP contribution is 2.35. The fourth-order valence-electron chi connectivity index (χ4n) is 3.71. The Bertz CT molecular complexity index is 1470. The second-order valence-corrected chi connectivity index (χ2v) is 7.80. The summed E-state index contributed by atoms with van der Waals surface area (Å²) in [7, 11) is 0. The third kappa shape index (κ3) is 4.41. The topological polar surface area (TPSA) is 110 Å². The van der Waals surface area contributed by atoms with Crippen LogP contribution in [0.5, 0.6) is 0 Å². The first-order valence-corrected chi connectivity index (χ1v) is 10.5. The van der Waals surface area contributed by atoms with Gasteiger partial charge in [-0.3, -0.25) is 4.79 Å². The molecule has 0 aliphatic heterocycles. The van der Waals surface area contributed by atoms with Crippen LogP contribution in [0.1, 0.15) is 18.1 Å². The van der Waals surface area contributed by atoms with Gasteiger partial charge in [0.05, 0.1) is 29.4 Å². The molecule has 0 radical (unpaired) electrons. The number of nitrogens with one attached hydrogen (secondary N) is 1. The van der Waals surface area contributed by atoms with Crippen LogP contribution in [0.15, 0.2) is 66.7 Å². The van der Waals surface area contributed by atoms with E-state index in [9.17, 15) is 19.6 Å². The van der Waals surface area contributed by atoms with E-state index in [1.54, 1.807) is 0 Å². The molecule has 3 aromatic carbocycles. The predicted octanol–water partition coefficient (Wildman–Crippen LogP) is 5.53. The van der Waals surface area contributed by atoms with Crippen molar-refractivity contribution in [3.05, 3.63) is 83.7 Å². The van der Waals surface area contributed by atoms with Gasteiger partial charge in [0.1, 0.15) is 23.5 Å². The molecule has 4 aromatic rings.